The van der Waals surface area contributed by atoms with Crippen LogP contribution in [0.2, 0.25) is 51.4 Å². The molecule has 0 spiro atoms. The van der Waals surface area contributed by atoms with Crippen molar-refractivity contribution < 1.29 is 46.2 Å². The van der Waals surface area contributed by atoms with Crippen LogP contribution in [0.5, 0.6) is 34.5 Å². The number of rotatable bonds is 22. The molecule has 13 heteroatoms. The van der Waals surface area contributed by atoms with Gasteiger partial charge in [-0.15, -0.1) is 0 Å². The number of methoxy groups -OCH3 is 2. The van der Waals surface area contributed by atoms with E-state index in [1.807, 2.05) is 49.4 Å². The molecule has 2 saturated carbocycles. The second kappa shape index (κ2) is 26.6. The van der Waals surface area contributed by atoms with Crippen LogP contribution in [0.15, 0.2) is 133 Å². The SMILES string of the molecule is COc1cc(CCC[Si](C)(C)O[Si](C)(C)O[Si](C)(C)CCCc2ccc(OC(=O)Oc3ccc(C4(c5ccc(C)cc5)CCC(C)(C)C(C)C4)cc3C)c(OC)c2)ccc1OC(=O)Oc1ccc(C2(c3ccccc3)CCC(C)(C)C(C)C2)cc1. The van der Waals surface area contributed by atoms with Crippen molar-refractivity contribution >= 4 is 37.5 Å². The number of hydrogen-bond acceptors (Lipinski definition) is 10. The summed E-state index contributed by atoms with van der Waals surface area (Å²) in [7, 11) is -3.54. The topological polar surface area (TPSA) is 108 Å². The predicted molar refractivity (Wildman–Crippen MR) is 351 cm³/mol. The highest BCUT2D eigenvalue weighted by Gasteiger charge is 2.47. The first-order valence-corrected chi connectivity index (χ1v) is 40.0. The summed E-state index contributed by atoms with van der Waals surface area (Å²) in [6.45, 7) is 31.9. The van der Waals surface area contributed by atoms with E-state index < -0.39 is 37.5 Å². The first kappa shape index (κ1) is 65.0. The molecule has 6 aromatic carbocycles. The highest BCUT2D eigenvalue weighted by molar-refractivity contribution is 6.87. The van der Waals surface area contributed by atoms with Crippen molar-refractivity contribution in [2.75, 3.05) is 14.2 Å². The Hall–Kier alpha value is -5.97. The monoisotopic (exact) mass is 1200 g/mol. The van der Waals surface area contributed by atoms with Crippen molar-refractivity contribution in [1.82, 2.24) is 0 Å². The summed E-state index contributed by atoms with van der Waals surface area (Å²) in [6, 6.07) is 47.4. The van der Waals surface area contributed by atoms with Gasteiger partial charge in [-0.25, -0.2) is 9.59 Å². The van der Waals surface area contributed by atoms with Crippen molar-refractivity contribution in [3.05, 3.63) is 178 Å². The minimum absolute atomic E-state index is 0.105. The smallest absolute Gasteiger partial charge is 0.493 e. The van der Waals surface area contributed by atoms with E-state index in [0.29, 0.717) is 46.3 Å². The van der Waals surface area contributed by atoms with Gasteiger partial charge in [0.15, 0.2) is 39.6 Å². The van der Waals surface area contributed by atoms with Gasteiger partial charge in [-0.2, -0.15) is 0 Å². The fraction of sp³-hybridized carbons (Fsp3) is 0.472. The molecule has 85 heavy (non-hydrogen) atoms. The summed E-state index contributed by atoms with van der Waals surface area (Å²) in [5, 5.41) is 0. The molecular formula is C72H96O10Si3. The van der Waals surface area contributed by atoms with E-state index in [4.69, 9.17) is 36.7 Å². The fourth-order valence-corrected chi connectivity index (χ4v) is 27.5. The van der Waals surface area contributed by atoms with Crippen LogP contribution >= 0.6 is 0 Å². The maximum Gasteiger partial charge on any atom is 0.519 e. The Morgan fingerprint density at radius 2 is 0.882 bits per heavy atom. The molecule has 10 nitrogen and oxygen atoms in total. The lowest BCUT2D eigenvalue weighted by Gasteiger charge is -2.48. The molecule has 6 aromatic rings. The summed E-state index contributed by atoms with van der Waals surface area (Å²) in [5.74, 6) is 3.54. The van der Waals surface area contributed by atoms with Gasteiger partial charge < -0.3 is 36.7 Å². The summed E-state index contributed by atoms with van der Waals surface area (Å²) < 4.78 is 48.5. The van der Waals surface area contributed by atoms with E-state index in [1.165, 1.54) is 27.8 Å². The molecule has 0 radical (unpaired) electrons. The Morgan fingerprint density at radius 1 is 0.471 bits per heavy atom. The van der Waals surface area contributed by atoms with Gasteiger partial charge in [0.2, 0.25) is 0 Å². The van der Waals surface area contributed by atoms with Crippen LogP contribution in [0.1, 0.15) is 137 Å². The van der Waals surface area contributed by atoms with Crippen molar-refractivity contribution in [2.24, 2.45) is 22.7 Å². The summed E-state index contributed by atoms with van der Waals surface area (Å²) >= 11 is 0. The van der Waals surface area contributed by atoms with Crippen LogP contribution in [-0.4, -0.2) is 51.7 Å². The Bertz CT molecular complexity index is 3240. The predicted octanol–water partition coefficient (Wildman–Crippen LogP) is 19.5. The highest BCUT2D eigenvalue weighted by atomic mass is 28.5. The van der Waals surface area contributed by atoms with E-state index in [0.717, 1.165) is 93.0 Å². The quantitative estimate of drug-likeness (QED) is 0.0370. The lowest BCUT2D eigenvalue weighted by Crippen LogP contribution is -2.52. The Kier molecular flexibility index (Phi) is 20.3. The van der Waals surface area contributed by atoms with Gasteiger partial charge >= 0.3 is 20.9 Å². The van der Waals surface area contributed by atoms with Gasteiger partial charge in [0.05, 0.1) is 14.2 Å². The van der Waals surface area contributed by atoms with Crippen LogP contribution in [0.25, 0.3) is 0 Å². The second-order valence-corrected chi connectivity index (χ2v) is 40.3. The molecule has 0 aliphatic heterocycles. The molecule has 8 rings (SSSR count). The van der Waals surface area contributed by atoms with Crippen LogP contribution in [-0.2, 0) is 31.9 Å². The molecule has 2 aliphatic rings. The zero-order valence-corrected chi connectivity index (χ0v) is 56.9. The Morgan fingerprint density at radius 3 is 1.34 bits per heavy atom. The van der Waals surface area contributed by atoms with Crippen LogP contribution in [0, 0.1) is 36.5 Å². The molecule has 0 amide bonds. The standard InChI is InChI=1S/C72H96O10Si3/c1-51-26-30-58(31-27-51)72(43-41-70(7,8)54(4)50-72)60-34-39-62(52(2)46-60)78-68(74)80-64-38-29-56(48-66(64)76-10)23-21-45-84(13,14)82-85(15,16)81-83(11,12)44-20-22-55-28-37-63(65(47-55)75-9)79-67(73)77-61-35-32-59(33-36-61)71(57-24-18-17-19-25-57)42-40-69(5,6)53(3)49-71/h17-19,24-39,46-48,53-54H,20-23,40-45,49-50H2,1-16H3. The lowest BCUT2D eigenvalue weighted by molar-refractivity contribution is 0.107. The molecule has 0 heterocycles. The third-order valence-corrected chi connectivity index (χ3v) is 30.7. The second-order valence-electron chi connectivity index (χ2n) is 27.8. The summed E-state index contributed by atoms with van der Waals surface area (Å²) in [5.41, 5.74) is 9.78. The Balaban J connectivity index is 0.780. The van der Waals surface area contributed by atoms with E-state index in [2.05, 4.69) is 167 Å². The van der Waals surface area contributed by atoms with E-state index in [9.17, 15) is 9.59 Å². The number of benzene rings is 6. The summed E-state index contributed by atoms with van der Waals surface area (Å²) in [6.07, 6.45) is 8.36. The molecule has 4 unspecified atom stereocenters. The molecule has 0 aromatic heterocycles. The molecule has 2 aliphatic carbocycles. The van der Waals surface area contributed by atoms with Gasteiger partial charge in [-0.05, 0) is 234 Å². The highest BCUT2D eigenvalue weighted by Crippen LogP contribution is 2.55. The lowest BCUT2D eigenvalue weighted by atomic mass is 9.55. The van der Waals surface area contributed by atoms with Crippen molar-refractivity contribution in [3.63, 3.8) is 0 Å². The molecule has 456 valence electrons. The van der Waals surface area contributed by atoms with Crippen LogP contribution < -0.4 is 28.4 Å². The first-order valence-electron chi connectivity index (χ1n) is 30.9. The number of aryl methyl sites for hydroxylation is 4. The number of ether oxygens (including phenoxy) is 6. The van der Waals surface area contributed by atoms with Crippen LogP contribution in [0.4, 0.5) is 9.59 Å². The fourth-order valence-electron chi connectivity index (χ4n) is 13.5. The summed E-state index contributed by atoms with van der Waals surface area (Å²) in [4.78, 5) is 26.5. The van der Waals surface area contributed by atoms with Crippen molar-refractivity contribution in [2.45, 2.75) is 182 Å². The third kappa shape index (κ3) is 16.2. The van der Waals surface area contributed by atoms with E-state index >= 15 is 0 Å². The van der Waals surface area contributed by atoms with Gasteiger partial charge in [0.1, 0.15) is 11.5 Å². The third-order valence-electron chi connectivity index (χ3n) is 19.2. The normalized spacial score (nSPS) is 20.5. The average molecular weight is 1210 g/mol. The number of hydrogen-bond donors (Lipinski definition) is 0. The molecule has 2 fully saturated rings. The van der Waals surface area contributed by atoms with E-state index in [-0.39, 0.29) is 21.7 Å². The molecular weight excluding hydrogens is 1110 g/mol. The average Bonchev–Trinajstić information content (AvgIpc) is 1.26. The molecule has 0 saturated heterocycles. The largest absolute Gasteiger partial charge is 0.519 e. The zero-order chi connectivity index (χ0) is 61.6. The maximum atomic E-state index is 13.3. The van der Waals surface area contributed by atoms with E-state index in [1.54, 1.807) is 26.4 Å². The zero-order valence-electron chi connectivity index (χ0n) is 53.9. The van der Waals surface area contributed by atoms with Crippen molar-refractivity contribution in [3.8, 4) is 34.5 Å². The van der Waals surface area contributed by atoms with Crippen LogP contribution in [0.3, 0.4) is 0 Å². The first-order chi connectivity index (χ1) is 40.0. The Labute approximate surface area is 512 Å². The number of carbonyl (C=O) groups excluding carboxylic acids is 2. The minimum atomic E-state index is -2.48. The van der Waals surface area contributed by atoms with Gasteiger partial charge in [0, 0.05) is 10.8 Å². The van der Waals surface area contributed by atoms with Crippen molar-refractivity contribution in [1.29, 1.82) is 0 Å². The van der Waals surface area contributed by atoms with Gasteiger partial charge in [0.25, 0.3) is 0 Å². The minimum Gasteiger partial charge on any atom is -0.493 e. The van der Waals surface area contributed by atoms with Gasteiger partial charge in [-0.3, -0.25) is 0 Å². The maximum absolute atomic E-state index is 13.3. The molecule has 0 bridgehead atoms. The van der Waals surface area contributed by atoms with Gasteiger partial charge in [-0.1, -0.05) is 138 Å². The molecule has 4 atom stereocenters. The molecule has 0 N–H and O–H groups in total. The number of carbonyl (C=O) groups is 2.